The largest absolute Gasteiger partial charge is 0 e. The summed E-state index contributed by atoms with van der Waals surface area (Å²) in [6.45, 7) is 19.3. The molecule has 0 aromatic carbocycles. The molecule has 254 valence electrons. The zero-order chi connectivity index (χ0) is 31.8. The van der Waals surface area contributed by atoms with Gasteiger partial charge in [-0.15, -0.1) is 0 Å². The van der Waals surface area contributed by atoms with E-state index >= 15 is 0 Å². The molecule has 0 heterocycles. The van der Waals surface area contributed by atoms with E-state index in [0.717, 1.165) is 103 Å². The predicted octanol–water partition coefficient (Wildman–Crippen LogP) is 9.03. The molecular formula is C32H76O7Ti2. The van der Waals surface area contributed by atoms with E-state index in [0.29, 0.717) is 49.1 Å². The fourth-order valence-corrected chi connectivity index (χ4v) is 9.54. The molecule has 0 unspecified atom stereocenters. The van der Waals surface area contributed by atoms with Gasteiger partial charge in [0.1, 0.15) is 0 Å². The van der Waals surface area contributed by atoms with Crippen molar-refractivity contribution >= 4 is 0 Å². The zero-order valence-corrected chi connectivity index (χ0v) is 32.1. The molecule has 0 saturated heterocycles. The van der Waals surface area contributed by atoms with Crippen LogP contribution in [0.25, 0.3) is 0 Å². The third kappa shape index (κ3) is 50.9. The van der Waals surface area contributed by atoms with Crippen LogP contribution in [0.4, 0.5) is 0 Å². The molecule has 0 bridgehead atoms. The second kappa shape index (κ2) is 47.9. The maximum atomic E-state index is 13.7. The van der Waals surface area contributed by atoms with E-state index in [1.54, 1.807) is 0 Å². The van der Waals surface area contributed by atoms with Gasteiger partial charge in [-0.05, 0) is 25.7 Å². The first-order chi connectivity index (χ1) is 19.2. The normalized spacial score (nSPS) is 10.4. The minimum Gasteiger partial charge on any atom is 0 e. The van der Waals surface area contributed by atoms with Crippen molar-refractivity contribution in [3.8, 4) is 0 Å². The Kier molecular flexibility index (Phi) is 63.6. The minimum atomic E-state index is -4.42. The Morgan fingerprint density at radius 2 is 0.634 bits per heavy atom. The molecule has 0 aromatic heterocycles. The van der Waals surface area contributed by atoms with Crippen molar-refractivity contribution in [3.05, 3.63) is 0 Å². The van der Waals surface area contributed by atoms with Gasteiger partial charge < -0.3 is 20.4 Å². The molecule has 0 aliphatic rings. The number of rotatable bonds is 22. The maximum Gasteiger partial charge on any atom is 0 e. The molecule has 0 saturated carbocycles. The summed E-state index contributed by atoms with van der Waals surface area (Å²) in [4.78, 5) is 0. The van der Waals surface area contributed by atoms with Gasteiger partial charge in [0, 0.05) is 48.1 Å². The summed E-state index contributed by atoms with van der Waals surface area (Å²) in [7, 11) is 0. The number of hydrogen-bond donors (Lipinski definition) is 4. The molecule has 0 fully saturated rings. The first-order valence-corrected chi connectivity index (χ1v) is 20.9. The molecule has 0 radical (unpaired) electrons. The Morgan fingerprint density at radius 1 is 0.415 bits per heavy atom. The van der Waals surface area contributed by atoms with Crippen molar-refractivity contribution in [2.24, 2.45) is 0 Å². The number of hydrogen-bond acceptors (Lipinski definition) is 7. The molecule has 0 amide bonds. The monoisotopic (exact) mass is 668 g/mol. The third-order valence-electron chi connectivity index (χ3n) is 5.92. The van der Waals surface area contributed by atoms with Crippen molar-refractivity contribution in [1.82, 2.24) is 0 Å². The average Bonchev–Trinajstić information content (AvgIpc) is 2.95. The average molecular weight is 669 g/mol. The van der Waals surface area contributed by atoms with Crippen molar-refractivity contribution in [3.63, 3.8) is 0 Å². The second-order valence-electron chi connectivity index (χ2n) is 10.3. The van der Waals surface area contributed by atoms with E-state index in [-0.39, 0.29) is 21.7 Å². The summed E-state index contributed by atoms with van der Waals surface area (Å²) in [5.41, 5.74) is 0. The van der Waals surface area contributed by atoms with Crippen LogP contribution in [-0.2, 0) is 47.7 Å². The van der Waals surface area contributed by atoms with Gasteiger partial charge in [-0.3, -0.25) is 0 Å². The van der Waals surface area contributed by atoms with Gasteiger partial charge in [-0.25, -0.2) is 0 Å². The van der Waals surface area contributed by atoms with Crippen molar-refractivity contribution < 1.29 is 68.2 Å². The van der Waals surface area contributed by atoms with Gasteiger partial charge in [0.2, 0.25) is 0 Å². The molecule has 41 heavy (non-hydrogen) atoms. The van der Waals surface area contributed by atoms with Crippen LogP contribution in [-0.4, -0.2) is 60.1 Å². The third-order valence-corrected chi connectivity index (χ3v) is 12.7. The molecular weight excluding hydrogens is 592 g/mol. The van der Waals surface area contributed by atoms with Crippen LogP contribution >= 0.6 is 0 Å². The van der Waals surface area contributed by atoms with Crippen LogP contribution in [0.2, 0.25) is 9.45 Å². The molecule has 0 aliphatic heterocycles. The summed E-state index contributed by atoms with van der Waals surface area (Å²) in [5, 5.41) is 32.3. The Hall–Kier alpha value is 0.989. The Labute approximate surface area is 274 Å². The second-order valence-corrected chi connectivity index (χ2v) is 17.0. The Morgan fingerprint density at radius 3 is 0.780 bits per heavy atom. The van der Waals surface area contributed by atoms with Crippen molar-refractivity contribution in [2.45, 2.75) is 168 Å². The summed E-state index contributed by atoms with van der Waals surface area (Å²) in [6.07, 6.45) is 16.2. The van der Waals surface area contributed by atoms with Crippen LogP contribution in [0.5, 0.6) is 0 Å². The van der Waals surface area contributed by atoms with Gasteiger partial charge in [-0.2, -0.15) is 0 Å². The number of unbranched alkanes of at least 4 members (excludes halogenated alkanes) is 8. The van der Waals surface area contributed by atoms with E-state index < -0.39 is 16.1 Å². The van der Waals surface area contributed by atoms with Crippen LogP contribution in [0, 0.1) is 0 Å². The summed E-state index contributed by atoms with van der Waals surface area (Å²) in [6, 6.07) is 0. The molecule has 4 N–H and O–H groups in total. The Balaban J connectivity index is -0.000000118. The van der Waals surface area contributed by atoms with E-state index in [9.17, 15) is 3.32 Å². The van der Waals surface area contributed by atoms with E-state index in [2.05, 4.69) is 55.4 Å². The minimum absolute atomic E-state index is 0. The smallest absolute Gasteiger partial charge is 0 e. The SMILES string of the molecule is CCCCO.CCCCO.CCCCO.CCCCO.CCCC[O][Ti](=[O])([CH2]CCC)([CH2]CCC)[O]CCCC.[Ti]. The standard InChI is InChI=1S/4C4H10O.2C4H9O.2C4H9.O.2Ti/c6*1-2-3-4-5;2*1-3-4-2;;;/h4*5H,2-4H2,1H3;2*2-4H2,1H3;2*1,3-4H2,2H3;;;/q;;;;2*-1;;;;;+2. The molecule has 7 nitrogen and oxygen atoms in total. The summed E-state index contributed by atoms with van der Waals surface area (Å²) < 4.78 is 27.0. The first-order valence-electron chi connectivity index (χ1n) is 16.8. The quantitative estimate of drug-likeness (QED) is 0.0672. The fraction of sp³-hybridized carbons (Fsp3) is 1.00. The number of aliphatic hydroxyl groups excluding tert-OH is 4. The topological polar surface area (TPSA) is 116 Å². The van der Waals surface area contributed by atoms with Crippen LogP contribution < -0.4 is 0 Å². The molecule has 0 atom stereocenters. The molecule has 0 rings (SSSR count). The van der Waals surface area contributed by atoms with Gasteiger partial charge in [0.05, 0.1) is 0 Å². The van der Waals surface area contributed by atoms with Crippen LogP contribution in [0.1, 0.15) is 158 Å². The summed E-state index contributed by atoms with van der Waals surface area (Å²) in [5.74, 6) is 0. The predicted molar refractivity (Wildman–Crippen MR) is 170 cm³/mol. The summed E-state index contributed by atoms with van der Waals surface area (Å²) >= 11 is -4.42. The van der Waals surface area contributed by atoms with Crippen molar-refractivity contribution in [2.75, 3.05) is 39.6 Å². The molecule has 0 aromatic rings. The van der Waals surface area contributed by atoms with Crippen LogP contribution in [0.15, 0.2) is 0 Å². The van der Waals surface area contributed by atoms with Gasteiger partial charge in [0.25, 0.3) is 0 Å². The van der Waals surface area contributed by atoms with Gasteiger partial charge in [-0.1, -0.05) is 53.4 Å². The van der Waals surface area contributed by atoms with Gasteiger partial charge >= 0.3 is 128 Å². The fourth-order valence-electron chi connectivity index (χ4n) is 3.01. The Bertz CT molecular complexity index is 407. The maximum absolute atomic E-state index is 13.7. The van der Waals surface area contributed by atoms with E-state index in [1.807, 2.05) is 0 Å². The van der Waals surface area contributed by atoms with E-state index in [4.69, 9.17) is 27.1 Å². The van der Waals surface area contributed by atoms with E-state index in [1.165, 1.54) is 0 Å². The van der Waals surface area contributed by atoms with Crippen molar-refractivity contribution in [1.29, 1.82) is 0 Å². The van der Waals surface area contributed by atoms with Gasteiger partial charge in [0.15, 0.2) is 0 Å². The molecule has 0 spiro atoms. The number of aliphatic hydroxyl groups is 4. The molecule has 9 heteroatoms. The first kappa shape index (κ1) is 54.5. The zero-order valence-electron chi connectivity index (χ0n) is 29.0. The van der Waals surface area contributed by atoms with Crippen LogP contribution in [0.3, 0.4) is 0 Å². The molecule has 0 aliphatic carbocycles.